The van der Waals surface area contributed by atoms with Crippen LogP contribution in [0.5, 0.6) is 5.75 Å². The molecule has 0 radical (unpaired) electrons. The number of terminal acetylenes is 1. The first-order chi connectivity index (χ1) is 11.3. The van der Waals surface area contributed by atoms with Crippen molar-refractivity contribution in [3.63, 3.8) is 0 Å². The van der Waals surface area contributed by atoms with Gasteiger partial charge in [0.1, 0.15) is 12.4 Å². The second kappa shape index (κ2) is 9.54. The standard InChI is InChI=1S/C18H20N2O2S/c1-2-13-22-16-7-5-15(6-8-16)9-11-19-18(21)20-12-10-17-4-3-14-23-17/h1,3-8,14H,9-13H2,(H2,19,20,21). The first-order valence-electron chi connectivity index (χ1n) is 7.47. The van der Waals surface area contributed by atoms with Gasteiger partial charge in [-0.2, -0.15) is 0 Å². The lowest BCUT2D eigenvalue weighted by molar-refractivity contribution is 0.241. The zero-order chi connectivity index (χ0) is 16.3. The molecule has 1 heterocycles. The number of carbonyl (C=O) groups is 1. The number of thiophene rings is 1. The number of benzene rings is 1. The summed E-state index contributed by atoms with van der Waals surface area (Å²) in [6.45, 7) is 1.51. The lowest BCUT2D eigenvalue weighted by atomic mass is 10.1. The van der Waals surface area contributed by atoms with Crippen LogP contribution in [0.15, 0.2) is 41.8 Å². The molecule has 0 saturated carbocycles. The molecule has 0 spiro atoms. The maximum Gasteiger partial charge on any atom is 0.314 e. The van der Waals surface area contributed by atoms with Crippen molar-refractivity contribution in [2.45, 2.75) is 12.8 Å². The lowest BCUT2D eigenvalue weighted by Crippen LogP contribution is -2.37. The highest BCUT2D eigenvalue weighted by atomic mass is 32.1. The van der Waals surface area contributed by atoms with Crippen molar-refractivity contribution >= 4 is 17.4 Å². The molecule has 0 unspecified atom stereocenters. The predicted octanol–water partition coefficient (Wildman–Crippen LogP) is 2.84. The molecule has 0 aliphatic rings. The van der Waals surface area contributed by atoms with Gasteiger partial charge in [-0.25, -0.2) is 4.79 Å². The van der Waals surface area contributed by atoms with Crippen LogP contribution in [-0.4, -0.2) is 25.7 Å². The van der Waals surface area contributed by atoms with E-state index in [0.29, 0.717) is 13.1 Å². The molecule has 0 bridgehead atoms. The Morgan fingerprint density at radius 2 is 1.87 bits per heavy atom. The summed E-state index contributed by atoms with van der Waals surface area (Å²) in [4.78, 5) is 13.0. The summed E-state index contributed by atoms with van der Waals surface area (Å²) in [5, 5.41) is 7.75. The Bertz CT molecular complexity index is 630. The monoisotopic (exact) mass is 328 g/mol. The zero-order valence-corrected chi connectivity index (χ0v) is 13.7. The smallest absolute Gasteiger partial charge is 0.314 e. The zero-order valence-electron chi connectivity index (χ0n) is 12.9. The molecule has 2 N–H and O–H groups in total. The largest absolute Gasteiger partial charge is 0.481 e. The van der Waals surface area contributed by atoms with E-state index < -0.39 is 0 Å². The van der Waals surface area contributed by atoms with E-state index in [1.54, 1.807) is 11.3 Å². The molecular weight excluding hydrogens is 308 g/mol. The normalized spacial score (nSPS) is 9.87. The molecule has 2 aromatic rings. The highest BCUT2D eigenvalue weighted by Gasteiger charge is 2.01. The molecule has 1 aromatic carbocycles. The Morgan fingerprint density at radius 3 is 2.52 bits per heavy atom. The van der Waals surface area contributed by atoms with Crippen LogP contribution in [0.4, 0.5) is 4.79 Å². The highest BCUT2D eigenvalue weighted by molar-refractivity contribution is 7.09. The van der Waals surface area contributed by atoms with Crippen LogP contribution in [0, 0.1) is 12.3 Å². The van der Waals surface area contributed by atoms with Gasteiger partial charge in [-0.15, -0.1) is 17.8 Å². The average Bonchev–Trinajstić information content (AvgIpc) is 3.07. The number of rotatable bonds is 8. The Hall–Kier alpha value is -2.45. The molecule has 0 aliphatic heterocycles. The van der Waals surface area contributed by atoms with Crippen molar-refractivity contribution in [1.29, 1.82) is 0 Å². The van der Waals surface area contributed by atoms with Crippen LogP contribution in [0.2, 0.25) is 0 Å². The van der Waals surface area contributed by atoms with Gasteiger partial charge in [-0.3, -0.25) is 0 Å². The van der Waals surface area contributed by atoms with Gasteiger partial charge in [-0.05, 0) is 42.0 Å². The number of hydrogen-bond acceptors (Lipinski definition) is 3. The fraction of sp³-hybridized carbons (Fsp3) is 0.278. The summed E-state index contributed by atoms with van der Waals surface area (Å²) in [6, 6.07) is 11.7. The summed E-state index contributed by atoms with van der Waals surface area (Å²) >= 11 is 1.70. The van der Waals surface area contributed by atoms with E-state index in [4.69, 9.17) is 11.2 Å². The summed E-state index contributed by atoms with van der Waals surface area (Å²) in [6.07, 6.45) is 6.78. The summed E-state index contributed by atoms with van der Waals surface area (Å²) in [5.41, 5.74) is 1.14. The third kappa shape index (κ3) is 6.45. The Labute approximate surface area is 140 Å². The van der Waals surface area contributed by atoms with Crippen LogP contribution >= 0.6 is 11.3 Å². The average molecular weight is 328 g/mol. The molecule has 0 saturated heterocycles. The van der Waals surface area contributed by atoms with Crippen LogP contribution in [0.25, 0.3) is 0 Å². The van der Waals surface area contributed by atoms with E-state index in [9.17, 15) is 4.79 Å². The van der Waals surface area contributed by atoms with E-state index >= 15 is 0 Å². The summed E-state index contributed by atoms with van der Waals surface area (Å²) < 4.78 is 5.31. The van der Waals surface area contributed by atoms with E-state index in [1.165, 1.54) is 4.88 Å². The Balaban J connectivity index is 1.60. The number of carbonyl (C=O) groups excluding carboxylic acids is 1. The second-order valence-corrected chi connectivity index (χ2v) is 5.93. The van der Waals surface area contributed by atoms with Crippen LogP contribution in [0.3, 0.4) is 0 Å². The third-order valence-corrected chi connectivity index (χ3v) is 4.12. The van der Waals surface area contributed by atoms with Gasteiger partial charge in [0.15, 0.2) is 0 Å². The minimum absolute atomic E-state index is 0.129. The van der Waals surface area contributed by atoms with E-state index in [0.717, 1.165) is 24.2 Å². The minimum atomic E-state index is -0.129. The molecule has 23 heavy (non-hydrogen) atoms. The van der Waals surface area contributed by atoms with Gasteiger partial charge in [0, 0.05) is 18.0 Å². The van der Waals surface area contributed by atoms with Crippen molar-refractivity contribution < 1.29 is 9.53 Å². The van der Waals surface area contributed by atoms with Gasteiger partial charge in [-0.1, -0.05) is 24.1 Å². The molecular formula is C18H20N2O2S. The maximum absolute atomic E-state index is 11.7. The van der Waals surface area contributed by atoms with E-state index in [1.807, 2.05) is 35.7 Å². The predicted molar refractivity (Wildman–Crippen MR) is 93.9 cm³/mol. The SMILES string of the molecule is C#CCOc1ccc(CCNC(=O)NCCc2cccs2)cc1. The number of nitrogens with one attached hydrogen (secondary N) is 2. The molecule has 5 heteroatoms. The molecule has 2 amide bonds. The van der Waals surface area contributed by atoms with Crippen LogP contribution < -0.4 is 15.4 Å². The molecule has 1 aromatic heterocycles. The van der Waals surface area contributed by atoms with Crippen molar-refractivity contribution in [3.05, 3.63) is 52.2 Å². The van der Waals surface area contributed by atoms with Gasteiger partial charge < -0.3 is 15.4 Å². The quantitative estimate of drug-likeness (QED) is 0.732. The number of amides is 2. The van der Waals surface area contributed by atoms with E-state index in [2.05, 4.69) is 22.6 Å². The summed E-state index contributed by atoms with van der Waals surface area (Å²) in [5.74, 6) is 3.18. The van der Waals surface area contributed by atoms with Gasteiger partial charge in [0.2, 0.25) is 0 Å². The van der Waals surface area contributed by atoms with Gasteiger partial charge in [0.05, 0.1) is 0 Å². The topological polar surface area (TPSA) is 50.4 Å². The molecule has 0 aliphatic carbocycles. The van der Waals surface area contributed by atoms with Crippen molar-refractivity contribution in [2.75, 3.05) is 19.7 Å². The number of hydrogen-bond donors (Lipinski definition) is 2. The van der Waals surface area contributed by atoms with Gasteiger partial charge in [0.25, 0.3) is 0 Å². The Morgan fingerprint density at radius 1 is 1.13 bits per heavy atom. The fourth-order valence-corrected chi connectivity index (χ4v) is 2.72. The molecule has 0 atom stereocenters. The number of ether oxygens (including phenoxy) is 1. The van der Waals surface area contributed by atoms with E-state index in [-0.39, 0.29) is 12.6 Å². The third-order valence-electron chi connectivity index (χ3n) is 3.18. The van der Waals surface area contributed by atoms with Gasteiger partial charge >= 0.3 is 6.03 Å². The second-order valence-electron chi connectivity index (χ2n) is 4.90. The first kappa shape index (κ1) is 16.9. The highest BCUT2D eigenvalue weighted by Crippen LogP contribution is 2.12. The number of urea groups is 1. The lowest BCUT2D eigenvalue weighted by Gasteiger charge is -2.08. The molecule has 2 rings (SSSR count). The molecule has 4 nitrogen and oxygen atoms in total. The first-order valence-corrected chi connectivity index (χ1v) is 8.35. The molecule has 120 valence electrons. The van der Waals surface area contributed by atoms with Crippen LogP contribution in [-0.2, 0) is 12.8 Å². The van der Waals surface area contributed by atoms with Crippen molar-refractivity contribution in [1.82, 2.24) is 10.6 Å². The maximum atomic E-state index is 11.7. The van der Waals surface area contributed by atoms with Crippen molar-refractivity contribution in [2.24, 2.45) is 0 Å². The van der Waals surface area contributed by atoms with Crippen LogP contribution in [0.1, 0.15) is 10.4 Å². The minimum Gasteiger partial charge on any atom is -0.481 e. The Kier molecular flexibility index (Phi) is 7.02. The molecule has 0 fully saturated rings. The fourth-order valence-electron chi connectivity index (χ4n) is 2.01. The summed E-state index contributed by atoms with van der Waals surface area (Å²) in [7, 11) is 0. The van der Waals surface area contributed by atoms with Crippen molar-refractivity contribution in [3.8, 4) is 18.1 Å².